The Morgan fingerprint density at radius 2 is 1.73 bits per heavy atom. The first-order chi connectivity index (χ1) is 19.2. The molecule has 11 heteroatoms. The van der Waals surface area contributed by atoms with Crippen LogP contribution in [0.4, 0.5) is 22.7 Å². The number of nitrogens with zero attached hydrogens (tertiary/aromatic N) is 4. The molecule has 3 aromatic carbocycles. The molecule has 0 radical (unpaired) electrons. The lowest BCUT2D eigenvalue weighted by atomic mass is 10.00. The molecule has 10 nitrogen and oxygen atoms in total. The lowest BCUT2D eigenvalue weighted by Crippen LogP contribution is -2.48. The van der Waals surface area contributed by atoms with Crippen molar-refractivity contribution in [2.45, 2.75) is 0 Å². The smallest absolute Gasteiger partial charge is 0.269 e. The largest absolute Gasteiger partial charge is 0.354 e. The number of piperazine rings is 1. The van der Waals surface area contributed by atoms with Crippen LogP contribution in [0.2, 0.25) is 5.02 Å². The zero-order chi connectivity index (χ0) is 28.4. The molecule has 0 saturated carbocycles. The Morgan fingerprint density at radius 3 is 2.38 bits per heavy atom. The Bertz CT molecular complexity index is 1480. The van der Waals surface area contributed by atoms with Crippen molar-refractivity contribution in [3.05, 3.63) is 93.0 Å². The Balaban J connectivity index is 1.41. The molecule has 2 aliphatic rings. The predicted molar refractivity (Wildman–Crippen MR) is 157 cm³/mol. The van der Waals surface area contributed by atoms with Gasteiger partial charge in [0.15, 0.2) is 0 Å². The summed E-state index contributed by atoms with van der Waals surface area (Å²) in [7, 11) is 3.84. The summed E-state index contributed by atoms with van der Waals surface area (Å²) < 4.78 is 0. The number of halogens is 1. The van der Waals surface area contributed by atoms with Gasteiger partial charge in [-0.2, -0.15) is 0 Å². The highest BCUT2D eigenvalue weighted by Gasteiger charge is 2.29. The van der Waals surface area contributed by atoms with E-state index >= 15 is 0 Å². The number of benzene rings is 3. The number of amides is 2. The van der Waals surface area contributed by atoms with Crippen LogP contribution in [0.15, 0.2) is 66.7 Å². The monoisotopic (exact) mass is 560 g/mol. The highest BCUT2D eigenvalue weighted by Crippen LogP contribution is 2.39. The molecular formula is C29H29ClN6O4. The Kier molecular flexibility index (Phi) is 7.83. The third-order valence-electron chi connectivity index (χ3n) is 7.20. The number of nitrogens with one attached hydrogen (secondary N) is 2. The van der Waals surface area contributed by atoms with Gasteiger partial charge in [-0.05, 0) is 61.1 Å². The lowest BCUT2D eigenvalue weighted by Gasteiger charge is -2.32. The average molecular weight is 561 g/mol. The molecule has 0 atom stereocenters. The summed E-state index contributed by atoms with van der Waals surface area (Å²) in [6, 6.07) is 18.5. The second-order valence-corrected chi connectivity index (χ2v) is 10.3. The number of anilines is 3. The van der Waals surface area contributed by atoms with Crippen LogP contribution < -0.4 is 15.5 Å². The molecular weight excluding hydrogens is 532 g/mol. The molecule has 2 amide bonds. The quantitative estimate of drug-likeness (QED) is 0.250. The Hall–Kier alpha value is -4.25. The van der Waals surface area contributed by atoms with Gasteiger partial charge in [-0.25, -0.2) is 0 Å². The summed E-state index contributed by atoms with van der Waals surface area (Å²) in [5.41, 5.74) is 4.11. The molecule has 0 aliphatic carbocycles. The molecule has 1 saturated heterocycles. The van der Waals surface area contributed by atoms with Gasteiger partial charge in [-0.1, -0.05) is 17.7 Å². The number of fused-ring (bicyclic) bond motifs is 1. The topological polar surface area (TPSA) is 111 Å². The van der Waals surface area contributed by atoms with E-state index < -0.39 is 4.92 Å². The van der Waals surface area contributed by atoms with E-state index in [1.54, 1.807) is 42.3 Å². The zero-order valence-electron chi connectivity index (χ0n) is 22.2. The van der Waals surface area contributed by atoms with Crippen LogP contribution in [-0.4, -0.2) is 73.4 Å². The minimum Gasteiger partial charge on any atom is -0.354 e. The second kappa shape index (κ2) is 11.5. The van der Waals surface area contributed by atoms with E-state index in [1.165, 1.54) is 12.1 Å². The predicted octanol–water partition coefficient (Wildman–Crippen LogP) is 4.39. The van der Waals surface area contributed by atoms with Gasteiger partial charge in [0.25, 0.3) is 11.6 Å². The number of carbonyl (C=O) groups is 2. The van der Waals surface area contributed by atoms with Crippen LogP contribution in [0.5, 0.6) is 0 Å². The maximum atomic E-state index is 13.1. The maximum absolute atomic E-state index is 13.1. The van der Waals surface area contributed by atoms with E-state index in [9.17, 15) is 19.7 Å². The van der Waals surface area contributed by atoms with Crippen molar-refractivity contribution < 1.29 is 14.5 Å². The fourth-order valence-corrected chi connectivity index (χ4v) is 4.95. The molecule has 0 aromatic heterocycles. The van der Waals surface area contributed by atoms with Crippen LogP contribution >= 0.6 is 11.6 Å². The van der Waals surface area contributed by atoms with Gasteiger partial charge in [-0.3, -0.25) is 24.6 Å². The van der Waals surface area contributed by atoms with E-state index in [0.717, 1.165) is 31.9 Å². The summed E-state index contributed by atoms with van der Waals surface area (Å²) >= 11 is 6.14. The van der Waals surface area contributed by atoms with E-state index in [1.807, 2.05) is 24.3 Å². The van der Waals surface area contributed by atoms with Crippen molar-refractivity contribution in [1.29, 1.82) is 0 Å². The molecule has 1 fully saturated rings. The van der Waals surface area contributed by atoms with Crippen LogP contribution in [0, 0.1) is 10.1 Å². The van der Waals surface area contributed by atoms with Gasteiger partial charge in [0.2, 0.25) is 5.91 Å². The summed E-state index contributed by atoms with van der Waals surface area (Å²) in [4.78, 5) is 42.8. The first kappa shape index (κ1) is 27.3. The van der Waals surface area contributed by atoms with Gasteiger partial charge in [0.1, 0.15) is 0 Å². The standard InChI is InChI=1S/C29H29ClN6O4/c1-33-13-15-35(16-14-33)18-26(37)34(2)22-10-6-21(7-11-22)31-28(19-3-8-23(9-4-19)36(39)40)27-24-12-5-20(30)17-25(24)32-29(27)38/h3-12,17,31H,13-16,18H2,1-2H3,(H,32,38)/b28-27-. The van der Waals surface area contributed by atoms with Gasteiger partial charge >= 0.3 is 0 Å². The maximum Gasteiger partial charge on any atom is 0.269 e. The molecule has 2 heterocycles. The Morgan fingerprint density at radius 1 is 1.05 bits per heavy atom. The molecule has 206 valence electrons. The number of hydrogen-bond acceptors (Lipinski definition) is 7. The van der Waals surface area contributed by atoms with Gasteiger partial charge in [-0.15, -0.1) is 0 Å². The molecule has 3 aromatic rings. The molecule has 2 N–H and O–H groups in total. The average Bonchev–Trinajstić information content (AvgIpc) is 3.27. The fourth-order valence-electron chi connectivity index (χ4n) is 4.78. The molecule has 0 unspecified atom stereocenters. The number of hydrogen-bond donors (Lipinski definition) is 2. The van der Waals surface area contributed by atoms with Crippen molar-refractivity contribution in [3.63, 3.8) is 0 Å². The summed E-state index contributed by atoms with van der Waals surface area (Å²) in [6.45, 7) is 3.97. The highest BCUT2D eigenvalue weighted by atomic mass is 35.5. The van der Waals surface area contributed by atoms with E-state index in [-0.39, 0.29) is 17.5 Å². The van der Waals surface area contributed by atoms with Gasteiger partial charge in [0.05, 0.1) is 28.4 Å². The minimum atomic E-state index is -0.468. The molecule has 2 aliphatic heterocycles. The number of rotatable bonds is 7. The van der Waals surface area contributed by atoms with Gasteiger partial charge in [0, 0.05) is 67.3 Å². The number of nitro benzene ring substituents is 1. The summed E-state index contributed by atoms with van der Waals surface area (Å²) in [5.74, 6) is -0.305. The minimum absolute atomic E-state index is 0.0110. The fraction of sp³-hybridized carbons (Fsp3) is 0.241. The number of carbonyl (C=O) groups excluding carboxylic acids is 2. The van der Waals surface area contributed by atoms with Crippen molar-refractivity contribution in [2.24, 2.45) is 0 Å². The molecule has 5 rings (SSSR count). The number of nitro groups is 1. The molecule has 40 heavy (non-hydrogen) atoms. The van der Waals surface area contributed by atoms with Crippen LogP contribution in [-0.2, 0) is 9.59 Å². The van der Waals surface area contributed by atoms with Crippen molar-refractivity contribution in [1.82, 2.24) is 9.80 Å². The number of non-ortho nitro benzene ring substituents is 1. The van der Waals surface area contributed by atoms with E-state index in [4.69, 9.17) is 11.6 Å². The first-order valence-electron chi connectivity index (χ1n) is 12.8. The normalized spacial score (nSPS) is 16.7. The lowest BCUT2D eigenvalue weighted by molar-refractivity contribution is -0.384. The Labute approximate surface area is 237 Å². The van der Waals surface area contributed by atoms with Crippen molar-refractivity contribution in [3.8, 4) is 0 Å². The highest BCUT2D eigenvalue weighted by molar-refractivity contribution is 6.38. The molecule has 0 bridgehead atoms. The van der Waals surface area contributed by atoms with Gasteiger partial charge < -0.3 is 20.4 Å². The molecule has 0 spiro atoms. The van der Waals surface area contributed by atoms with Crippen molar-refractivity contribution >= 4 is 57.4 Å². The van der Waals surface area contributed by atoms with Crippen LogP contribution in [0.25, 0.3) is 11.3 Å². The SMILES string of the molecule is CN1CCN(CC(=O)N(C)c2ccc(N/C(=C3\C(=O)Nc4cc(Cl)ccc43)c3ccc([N+](=O)[O-])cc3)cc2)CC1. The summed E-state index contributed by atoms with van der Waals surface area (Å²) in [5, 5.41) is 17.9. The number of likely N-dealkylation sites (N-methyl/N-ethyl adjacent to an activating group) is 2. The second-order valence-electron chi connectivity index (χ2n) is 9.90. The zero-order valence-corrected chi connectivity index (χ0v) is 22.9. The van der Waals surface area contributed by atoms with E-state index in [0.29, 0.717) is 45.3 Å². The third kappa shape index (κ3) is 5.84. The van der Waals surface area contributed by atoms with Crippen LogP contribution in [0.3, 0.4) is 0 Å². The third-order valence-corrected chi connectivity index (χ3v) is 7.43. The van der Waals surface area contributed by atoms with E-state index in [2.05, 4.69) is 27.5 Å². The first-order valence-corrected chi connectivity index (χ1v) is 13.2. The van der Waals surface area contributed by atoms with Crippen molar-refractivity contribution in [2.75, 3.05) is 62.4 Å². The summed E-state index contributed by atoms with van der Waals surface area (Å²) in [6.07, 6.45) is 0. The van der Waals surface area contributed by atoms with Crippen LogP contribution in [0.1, 0.15) is 11.1 Å².